The molecule has 1 N–H and O–H groups in total. The lowest BCUT2D eigenvalue weighted by atomic mass is 10.2. The second-order valence-corrected chi connectivity index (χ2v) is 6.68. The van der Waals surface area contributed by atoms with Gasteiger partial charge in [0, 0.05) is 6.07 Å². The normalized spacial score (nSPS) is 12.3. The van der Waals surface area contributed by atoms with Crippen LogP contribution in [0.15, 0.2) is 30.9 Å². The van der Waals surface area contributed by atoms with Gasteiger partial charge in [-0.2, -0.15) is 0 Å². The standard InChI is InChI=1S/C14H19NO5S/c1-5-8-21(17,18)10(2)14(16)15-12-9-11(19-3)6-7-13(12)20-4/h5-7,9-10H,1,8H2,2-4H3,(H,15,16). The molecule has 0 aliphatic heterocycles. The third-order valence-corrected chi connectivity index (χ3v) is 4.91. The fourth-order valence-corrected chi connectivity index (χ4v) is 2.62. The smallest absolute Gasteiger partial charge is 0.242 e. The average molecular weight is 313 g/mol. The lowest BCUT2D eigenvalue weighted by molar-refractivity contribution is -0.115. The van der Waals surface area contributed by atoms with Crippen LogP contribution in [0.25, 0.3) is 0 Å². The van der Waals surface area contributed by atoms with Crippen LogP contribution in [0.5, 0.6) is 11.5 Å². The molecule has 1 amide bonds. The molecule has 6 nitrogen and oxygen atoms in total. The van der Waals surface area contributed by atoms with Crippen molar-refractivity contribution in [3.05, 3.63) is 30.9 Å². The topological polar surface area (TPSA) is 81.7 Å². The Hall–Kier alpha value is -2.02. The Bertz CT molecular complexity index is 624. The summed E-state index contributed by atoms with van der Waals surface area (Å²) >= 11 is 0. The van der Waals surface area contributed by atoms with Gasteiger partial charge < -0.3 is 14.8 Å². The molecule has 0 saturated carbocycles. The van der Waals surface area contributed by atoms with E-state index >= 15 is 0 Å². The highest BCUT2D eigenvalue weighted by molar-refractivity contribution is 7.92. The van der Waals surface area contributed by atoms with Gasteiger partial charge in [0.05, 0.1) is 25.7 Å². The molecule has 1 aromatic carbocycles. The number of methoxy groups -OCH3 is 2. The quantitative estimate of drug-likeness (QED) is 0.774. The molecule has 0 heterocycles. The fraction of sp³-hybridized carbons (Fsp3) is 0.357. The summed E-state index contributed by atoms with van der Waals surface area (Å²) in [6, 6.07) is 4.85. The molecule has 0 aliphatic carbocycles. The highest BCUT2D eigenvalue weighted by atomic mass is 32.2. The molecule has 0 aromatic heterocycles. The Morgan fingerprint density at radius 1 is 1.38 bits per heavy atom. The second kappa shape index (κ2) is 7.12. The van der Waals surface area contributed by atoms with Crippen LogP contribution in [0.3, 0.4) is 0 Å². The fourth-order valence-electron chi connectivity index (χ4n) is 1.62. The first-order valence-electron chi connectivity index (χ1n) is 6.21. The molecule has 0 bridgehead atoms. The van der Waals surface area contributed by atoms with Crippen LogP contribution in [0.1, 0.15) is 6.92 Å². The maximum Gasteiger partial charge on any atom is 0.242 e. The SMILES string of the molecule is C=CCS(=O)(=O)C(C)C(=O)Nc1cc(OC)ccc1OC. The first-order chi connectivity index (χ1) is 9.85. The van der Waals surface area contributed by atoms with E-state index in [2.05, 4.69) is 11.9 Å². The molecule has 7 heteroatoms. The first kappa shape index (κ1) is 17.0. The zero-order valence-electron chi connectivity index (χ0n) is 12.3. The van der Waals surface area contributed by atoms with E-state index in [1.807, 2.05) is 0 Å². The molecule has 1 aromatic rings. The van der Waals surface area contributed by atoms with Gasteiger partial charge in [0.15, 0.2) is 9.84 Å². The van der Waals surface area contributed by atoms with E-state index in [9.17, 15) is 13.2 Å². The number of rotatable bonds is 7. The van der Waals surface area contributed by atoms with Gasteiger partial charge in [0.2, 0.25) is 5.91 Å². The van der Waals surface area contributed by atoms with Crippen molar-refractivity contribution in [2.75, 3.05) is 25.3 Å². The molecule has 1 unspecified atom stereocenters. The lowest BCUT2D eigenvalue weighted by Crippen LogP contribution is -2.33. The number of hydrogen-bond donors (Lipinski definition) is 1. The highest BCUT2D eigenvalue weighted by Gasteiger charge is 2.27. The third kappa shape index (κ3) is 4.22. The molecular weight excluding hydrogens is 294 g/mol. The number of ether oxygens (including phenoxy) is 2. The summed E-state index contributed by atoms with van der Waals surface area (Å²) in [4.78, 5) is 12.1. The van der Waals surface area contributed by atoms with Crippen molar-refractivity contribution in [2.45, 2.75) is 12.2 Å². The summed E-state index contributed by atoms with van der Waals surface area (Å²) < 4.78 is 33.9. The molecule has 0 aliphatic rings. The summed E-state index contributed by atoms with van der Waals surface area (Å²) in [6.07, 6.45) is 1.26. The predicted molar refractivity (Wildman–Crippen MR) is 81.6 cm³/mol. The minimum Gasteiger partial charge on any atom is -0.497 e. The highest BCUT2D eigenvalue weighted by Crippen LogP contribution is 2.29. The van der Waals surface area contributed by atoms with Crippen molar-refractivity contribution in [1.82, 2.24) is 0 Å². The summed E-state index contributed by atoms with van der Waals surface area (Å²) in [7, 11) is -0.623. The van der Waals surface area contributed by atoms with Gasteiger partial charge in [0.25, 0.3) is 0 Å². The number of hydrogen-bond acceptors (Lipinski definition) is 5. The van der Waals surface area contributed by atoms with Crippen LogP contribution in [0.4, 0.5) is 5.69 Å². The molecule has 21 heavy (non-hydrogen) atoms. The van der Waals surface area contributed by atoms with Gasteiger partial charge in [-0.15, -0.1) is 6.58 Å². The number of benzene rings is 1. The van der Waals surface area contributed by atoms with E-state index in [-0.39, 0.29) is 5.75 Å². The minimum absolute atomic E-state index is 0.253. The van der Waals surface area contributed by atoms with E-state index in [0.717, 1.165) is 0 Å². The summed E-state index contributed by atoms with van der Waals surface area (Å²) in [5.74, 6) is 0.0465. The molecule has 0 saturated heterocycles. The molecule has 116 valence electrons. The van der Waals surface area contributed by atoms with Gasteiger partial charge in [0.1, 0.15) is 16.7 Å². The molecule has 0 radical (unpaired) electrons. The average Bonchev–Trinajstić information content (AvgIpc) is 2.46. The van der Waals surface area contributed by atoms with Crippen molar-refractivity contribution in [3.63, 3.8) is 0 Å². The van der Waals surface area contributed by atoms with Gasteiger partial charge in [-0.05, 0) is 19.1 Å². The summed E-state index contributed by atoms with van der Waals surface area (Å²) in [6.45, 7) is 4.71. The first-order valence-corrected chi connectivity index (χ1v) is 7.92. The Balaban J connectivity index is 3.00. The monoisotopic (exact) mass is 313 g/mol. The van der Waals surface area contributed by atoms with Crippen LogP contribution in [-0.4, -0.2) is 39.5 Å². The van der Waals surface area contributed by atoms with E-state index in [0.29, 0.717) is 17.2 Å². The van der Waals surface area contributed by atoms with Gasteiger partial charge >= 0.3 is 0 Å². The number of nitrogens with one attached hydrogen (secondary N) is 1. The number of carbonyl (C=O) groups excluding carboxylic acids is 1. The number of carbonyl (C=O) groups is 1. The van der Waals surface area contributed by atoms with Crippen molar-refractivity contribution in [3.8, 4) is 11.5 Å². The van der Waals surface area contributed by atoms with Crippen LogP contribution >= 0.6 is 0 Å². The van der Waals surface area contributed by atoms with Crippen molar-refractivity contribution < 1.29 is 22.7 Å². The Morgan fingerprint density at radius 3 is 2.57 bits per heavy atom. The van der Waals surface area contributed by atoms with Gasteiger partial charge in [-0.25, -0.2) is 8.42 Å². The van der Waals surface area contributed by atoms with Gasteiger partial charge in [-0.3, -0.25) is 4.79 Å². The molecular formula is C14H19NO5S. The summed E-state index contributed by atoms with van der Waals surface area (Å²) in [5.41, 5.74) is 0.350. The third-order valence-electron chi connectivity index (χ3n) is 2.92. The molecule has 1 atom stereocenters. The number of sulfone groups is 1. The molecule has 0 spiro atoms. The predicted octanol–water partition coefficient (Wildman–Crippen LogP) is 1.63. The van der Waals surface area contributed by atoms with E-state index in [1.54, 1.807) is 18.2 Å². The summed E-state index contributed by atoms with van der Waals surface area (Å²) in [5, 5.41) is 1.35. The van der Waals surface area contributed by atoms with Crippen molar-refractivity contribution >= 4 is 21.4 Å². The second-order valence-electron chi connectivity index (χ2n) is 4.32. The lowest BCUT2D eigenvalue weighted by Gasteiger charge is -2.15. The zero-order chi connectivity index (χ0) is 16.0. The minimum atomic E-state index is -3.57. The zero-order valence-corrected chi connectivity index (χ0v) is 13.1. The van der Waals surface area contributed by atoms with Gasteiger partial charge in [-0.1, -0.05) is 6.08 Å². The van der Waals surface area contributed by atoms with E-state index < -0.39 is 21.0 Å². The van der Waals surface area contributed by atoms with E-state index in [1.165, 1.54) is 27.2 Å². The van der Waals surface area contributed by atoms with Crippen molar-refractivity contribution in [2.24, 2.45) is 0 Å². The van der Waals surface area contributed by atoms with Crippen LogP contribution < -0.4 is 14.8 Å². The molecule has 1 rings (SSSR count). The Kier molecular flexibility index (Phi) is 5.78. The Labute approximate surface area is 124 Å². The maximum absolute atomic E-state index is 12.1. The maximum atomic E-state index is 12.1. The van der Waals surface area contributed by atoms with Crippen LogP contribution in [-0.2, 0) is 14.6 Å². The number of anilines is 1. The molecule has 0 fully saturated rings. The Morgan fingerprint density at radius 2 is 2.05 bits per heavy atom. The number of amides is 1. The van der Waals surface area contributed by atoms with Crippen LogP contribution in [0, 0.1) is 0 Å². The van der Waals surface area contributed by atoms with E-state index in [4.69, 9.17) is 9.47 Å². The van der Waals surface area contributed by atoms with Crippen molar-refractivity contribution in [1.29, 1.82) is 0 Å². The largest absolute Gasteiger partial charge is 0.497 e. The van der Waals surface area contributed by atoms with Crippen LogP contribution in [0.2, 0.25) is 0 Å².